The smallest absolute Gasteiger partial charge is 0.462 e. The number of ether oxygens (including phenoxy) is 5. The van der Waals surface area contributed by atoms with Gasteiger partial charge >= 0.3 is 24.1 Å². The molecule has 15 heteroatoms. The fourth-order valence-corrected chi connectivity index (χ4v) is 14.2. The summed E-state index contributed by atoms with van der Waals surface area (Å²) in [6.45, 7) is 11.2. The third-order valence-corrected chi connectivity index (χ3v) is 17.7. The van der Waals surface area contributed by atoms with Gasteiger partial charge in [0.15, 0.2) is 6.10 Å². The zero-order valence-corrected chi connectivity index (χ0v) is 42.3. The largest absolute Gasteiger partial charge is 0.516 e. The number of aromatic nitrogens is 2. The maximum Gasteiger partial charge on any atom is 0.516 e. The van der Waals surface area contributed by atoms with Crippen LogP contribution in [0, 0.1) is 40.4 Å². The van der Waals surface area contributed by atoms with Gasteiger partial charge in [0.1, 0.15) is 18.5 Å². The molecule has 360 valence electrons. The van der Waals surface area contributed by atoms with Crippen molar-refractivity contribution in [3.8, 4) is 17.1 Å². The number of hydrogen-bond acceptors (Lipinski definition) is 13. The number of benzene rings is 1. The summed E-state index contributed by atoms with van der Waals surface area (Å²) >= 11 is 1.92. The van der Waals surface area contributed by atoms with E-state index in [1.165, 1.54) is 56.9 Å². The van der Waals surface area contributed by atoms with E-state index in [1.54, 1.807) is 28.8 Å². The molecular formula is C52H63IN2O11S. The average molecular weight is 1050 g/mol. The quantitative estimate of drug-likeness (QED) is 0.0162. The van der Waals surface area contributed by atoms with Crippen molar-refractivity contribution in [2.75, 3.05) is 6.79 Å². The number of esters is 3. The molecule has 7 unspecified atom stereocenters. The van der Waals surface area contributed by atoms with E-state index in [2.05, 4.69) is 33.8 Å². The molecule has 0 amide bonds. The molecule has 1 aromatic carbocycles. The highest BCUT2D eigenvalue weighted by atomic mass is 127. The number of carbonyl (C=O) groups excluding carboxylic acids is 4. The summed E-state index contributed by atoms with van der Waals surface area (Å²) < 4.78 is 34.0. The van der Waals surface area contributed by atoms with Crippen LogP contribution in [0.15, 0.2) is 40.7 Å². The number of aryl methyl sites for hydroxylation is 1. The fourth-order valence-electron chi connectivity index (χ4n) is 13.3. The summed E-state index contributed by atoms with van der Waals surface area (Å²) in [6, 6.07) is 6.77. The first-order chi connectivity index (χ1) is 32.2. The van der Waals surface area contributed by atoms with E-state index in [9.17, 15) is 24.0 Å². The van der Waals surface area contributed by atoms with Gasteiger partial charge in [0.05, 0.1) is 51.1 Å². The van der Waals surface area contributed by atoms with Gasteiger partial charge in [-0.1, -0.05) is 65.5 Å². The summed E-state index contributed by atoms with van der Waals surface area (Å²) in [5.74, 6) is 2.42. The Balaban J connectivity index is 0.734. The average Bonchev–Trinajstić information content (AvgIpc) is 3.84. The van der Waals surface area contributed by atoms with E-state index in [-0.39, 0.29) is 48.8 Å². The van der Waals surface area contributed by atoms with Gasteiger partial charge in [-0.05, 0) is 128 Å². The molecule has 0 bridgehead atoms. The van der Waals surface area contributed by atoms with Gasteiger partial charge in [0, 0.05) is 44.1 Å². The lowest BCUT2D eigenvalue weighted by Gasteiger charge is -2.58. The van der Waals surface area contributed by atoms with Gasteiger partial charge in [0.25, 0.3) is 5.56 Å². The maximum atomic E-state index is 13.7. The second-order valence-corrected chi connectivity index (χ2v) is 22.1. The molecule has 0 N–H and O–H groups in total. The maximum absolute atomic E-state index is 13.7. The third kappa shape index (κ3) is 9.30. The fraction of sp³-hybridized carbons (Fsp3) is 0.615. The Bertz CT molecular complexity index is 2540. The van der Waals surface area contributed by atoms with Crippen LogP contribution in [0.25, 0.3) is 22.3 Å². The molecule has 67 heavy (non-hydrogen) atoms. The third-order valence-electron chi connectivity index (χ3n) is 16.8. The van der Waals surface area contributed by atoms with Crippen molar-refractivity contribution in [1.29, 1.82) is 0 Å². The molecule has 9 rings (SSSR count). The van der Waals surface area contributed by atoms with Crippen molar-refractivity contribution < 1.29 is 47.0 Å². The van der Waals surface area contributed by atoms with Gasteiger partial charge in [-0.15, -0.1) is 0 Å². The lowest BCUT2D eigenvalue weighted by molar-refractivity contribution is -0.159. The molecule has 8 atom stereocenters. The molecule has 2 aliphatic heterocycles. The minimum atomic E-state index is -1.07. The van der Waals surface area contributed by atoms with Crippen LogP contribution in [0.4, 0.5) is 4.79 Å². The molecule has 0 radical (unpaired) electrons. The summed E-state index contributed by atoms with van der Waals surface area (Å²) in [5.41, 5.74) is 6.29. The van der Waals surface area contributed by atoms with Gasteiger partial charge in [0.2, 0.25) is 6.79 Å². The molecule has 0 spiro atoms. The highest BCUT2D eigenvalue weighted by molar-refractivity contribution is 14.2. The molecule has 4 heterocycles. The van der Waals surface area contributed by atoms with Crippen LogP contribution < -0.4 is 10.3 Å². The molecule has 4 aliphatic carbocycles. The van der Waals surface area contributed by atoms with E-state index in [1.807, 2.05) is 28.1 Å². The summed E-state index contributed by atoms with van der Waals surface area (Å²) in [7, 11) is 0.995. The van der Waals surface area contributed by atoms with Crippen molar-refractivity contribution in [3.05, 3.63) is 68.5 Å². The number of pyridine rings is 2. The number of unbranched alkanes of at least 4 members (excludes halogenated alkanes) is 1. The molecular weight excluding hydrogens is 988 g/mol. The normalized spacial score (nSPS) is 28.0. The summed E-state index contributed by atoms with van der Waals surface area (Å²) in [5, 5.41) is 0.736. The van der Waals surface area contributed by atoms with Crippen LogP contribution in [0.1, 0.15) is 153 Å². The lowest BCUT2D eigenvalue weighted by atomic mass is 9.47. The first-order valence-corrected chi connectivity index (χ1v) is 27.7. The minimum Gasteiger partial charge on any atom is -0.462 e. The lowest BCUT2D eigenvalue weighted by Crippen LogP contribution is -2.50. The summed E-state index contributed by atoms with van der Waals surface area (Å²) in [6.07, 6.45) is 15.1. The topological polar surface area (TPSA) is 159 Å². The van der Waals surface area contributed by atoms with Gasteiger partial charge in [-0.25, -0.2) is 14.6 Å². The molecule has 3 aromatic rings. The molecule has 6 aliphatic rings. The number of cyclic esters (lactones) is 1. The Kier molecular flexibility index (Phi) is 14.2. The van der Waals surface area contributed by atoms with Crippen LogP contribution >= 0.6 is 30.4 Å². The van der Waals surface area contributed by atoms with Crippen molar-refractivity contribution in [2.45, 2.75) is 156 Å². The summed E-state index contributed by atoms with van der Waals surface area (Å²) in [4.78, 5) is 69.3. The van der Waals surface area contributed by atoms with E-state index < -0.39 is 37.0 Å². The van der Waals surface area contributed by atoms with Gasteiger partial charge in [-0.3, -0.25) is 18.6 Å². The number of halogens is 1. The molecule has 3 saturated carbocycles. The minimum absolute atomic E-state index is 0.128. The monoisotopic (exact) mass is 1050 g/mol. The Hall–Kier alpha value is -3.96. The number of hydrogen-bond donors (Lipinski definition) is 0. The second-order valence-electron chi connectivity index (χ2n) is 20.7. The Morgan fingerprint density at radius 1 is 0.985 bits per heavy atom. The van der Waals surface area contributed by atoms with E-state index >= 15 is 0 Å². The van der Waals surface area contributed by atoms with Crippen molar-refractivity contribution in [2.24, 2.45) is 40.4 Å². The molecule has 2 aromatic heterocycles. The predicted molar refractivity (Wildman–Crippen MR) is 261 cm³/mol. The highest BCUT2D eigenvalue weighted by Gasteiger charge is 2.58. The SMILES string of the molecule is CCc1c2c(nc3ccc(OC(=O)OCOC(=O)CCC(=O)OC4CCC5(C)C(=CCC6C7CCC(CCCCC(C)C)C7(C)CC[C@@H]65)C4)cc13)-c1cc3c(c(=O)n1C2)COC(=O)C3OSI. The number of allylic oxidation sites excluding steroid dienone is 1. The van der Waals surface area contributed by atoms with E-state index in [0.29, 0.717) is 45.8 Å². The Morgan fingerprint density at radius 3 is 2.60 bits per heavy atom. The van der Waals surface area contributed by atoms with Crippen LogP contribution in [0.2, 0.25) is 0 Å². The van der Waals surface area contributed by atoms with Crippen LogP contribution in [-0.4, -0.2) is 46.5 Å². The number of carbonyl (C=O) groups is 4. The zero-order chi connectivity index (χ0) is 47.2. The van der Waals surface area contributed by atoms with Crippen molar-refractivity contribution >= 4 is 65.4 Å². The Morgan fingerprint density at radius 2 is 1.81 bits per heavy atom. The van der Waals surface area contributed by atoms with E-state index in [0.717, 1.165) is 75.1 Å². The van der Waals surface area contributed by atoms with Gasteiger partial charge < -0.3 is 28.3 Å². The second kappa shape index (κ2) is 19.8. The zero-order valence-electron chi connectivity index (χ0n) is 39.3. The van der Waals surface area contributed by atoms with E-state index in [4.69, 9.17) is 32.9 Å². The van der Waals surface area contributed by atoms with Crippen LogP contribution in [0.5, 0.6) is 5.75 Å². The first kappa shape index (κ1) is 48.1. The highest BCUT2D eigenvalue weighted by Crippen LogP contribution is 2.67. The number of rotatable bonds is 15. The van der Waals surface area contributed by atoms with Gasteiger partial charge in [-0.2, -0.15) is 0 Å². The Labute approximate surface area is 408 Å². The molecule has 3 fully saturated rings. The number of nitrogens with zero attached hydrogens (tertiary/aromatic N) is 2. The van der Waals surface area contributed by atoms with Crippen LogP contribution in [-0.2, 0) is 57.1 Å². The number of fused-ring (bicyclic) bond motifs is 10. The first-order valence-electron chi connectivity index (χ1n) is 24.4. The van der Waals surface area contributed by atoms with Crippen LogP contribution in [0.3, 0.4) is 0 Å². The standard InChI is InChI=1S/C52H63IN2O11S/c1-6-34-36-24-32(13-16-42(36)54-46-38(34)26-55-43(46)25-37-39(48(55)58)27-61-49(59)47(37)66-67-53)65-50(60)63-28-62-44(56)17-18-45(57)64-33-19-21-52(5)31(23-33)11-14-35-40-15-12-30(10-8-7-9-29(2)3)51(40,4)22-20-41(35)52/h11,13,16,24-25,29-30,33,35,40-41,47H,6-10,12,14-15,17-23,26-28H2,1-5H3/t30?,33?,35?,40?,41-,47?,51?,52?/m0/s1. The molecule has 13 nitrogen and oxygen atoms in total. The van der Waals surface area contributed by atoms with Crippen molar-refractivity contribution in [3.63, 3.8) is 0 Å². The predicted octanol–water partition coefficient (Wildman–Crippen LogP) is 11.6. The van der Waals surface area contributed by atoms with Crippen molar-refractivity contribution in [1.82, 2.24) is 9.55 Å². The molecule has 0 saturated heterocycles.